The van der Waals surface area contributed by atoms with Crippen molar-refractivity contribution in [1.82, 2.24) is 14.8 Å². The lowest BCUT2D eigenvalue weighted by Gasteiger charge is -2.32. The van der Waals surface area contributed by atoms with Crippen molar-refractivity contribution in [1.29, 1.82) is 0 Å². The molecule has 2 rings (SSSR count). The van der Waals surface area contributed by atoms with E-state index >= 15 is 0 Å². The van der Waals surface area contributed by atoms with E-state index in [2.05, 4.69) is 21.8 Å². The molecule has 0 radical (unpaired) electrons. The summed E-state index contributed by atoms with van der Waals surface area (Å²) in [7, 11) is 2.17. The average molecular weight is 263 g/mol. The third-order valence-electron chi connectivity index (χ3n) is 3.98. The van der Waals surface area contributed by atoms with Crippen molar-refractivity contribution in [2.45, 2.75) is 44.7 Å². The molecule has 1 fully saturated rings. The molecule has 0 bridgehead atoms. The summed E-state index contributed by atoms with van der Waals surface area (Å²) < 4.78 is 2.08. The Bertz CT molecular complexity index is 375. The quantitative estimate of drug-likeness (QED) is 0.850. The predicted molar refractivity (Wildman–Crippen MR) is 76.9 cm³/mol. The summed E-state index contributed by atoms with van der Waals surface area (Å²) in [6.07, 6.45) is 9.53. The fourth-order valence-electron chi connectivity index (χ4n) is 2.74. The Morgan fingerprint density at radius 1 is 1.32 bits per heavy atom. The number of carbonyl (C=O) groups is 1. The maximum atomic E-state index is 11.8. The van der Waals surface area contributed by atoms with Gasteiger partial charge in [-0.25, -0.2) is 0 Å². The molecular weight excluding hydrogens is 238 g/mol. The van der Waals surface area contributed by atoms with Gasteiger partial charge < -0.3 is 14.8 Å². The van der Waals surface area contributed by atoms with E-state index in [4.69, 9.17) is 0 Å². The number of hydrogen-bond donors (Lipinski definition) is 1. The van der Waals surface area contributed by atoms with Gasteiger partial charge in [-0.05, 0) is 45.0 Å². The number of amides is 1. The van der Waals surface area contributed by atoms with Gasteiger partial charge in [0.1, 0.15) is 0 Å². The van der Waals surface area contributed by atoms with E-state index in [0.717, 1.165) is 13.0 Å². The fourth-order valence-corrected chi connectivity index (χ4v) is 2.74. The van der Waals surface area contributed by atoms with Crippen molar-refractivity contribution < 1.29 is 4.79 Å². The van der Waals surface area contributed by atoms with Crippen LogP contribution in [0.2, 0.25) is 0 Å². The van der Waals surface area contributed by atoms with Crippen molar-refractivity contribution in [3.8, 4) is 0 Å². The Hall–Kier alpha value is -1.29. The lowest BCUT2D eigenvalue weighted by Crippen LogP contribution is -2.37. The Kier molecular flexibility index (Phi) is 5.45. The van der Waals surface area contributed by atoms with Gasteiger partial charge in [-0.15, -0.1) is 0 Å². The highest BCUT2D eigenvalue weighted by Crippen LogP contribution is 2.18. The molecule has 1 saturated heterocycles. The zero-order valence-electron chi connectivity index (χ0n) is 11.8. The monoisotopic (exact) mass is 263 g/mol. The molecule has 1 aromatic heterocycles. The van der Waals surface area contributed by atoms with E-state index in [0.29, 0.717) is 19.0 Å². The van der Waals surface area contributed by atoms with Crippen molar-refractivity contribution in [3.05, 3.63) is 24.5 Å². The van der Waals surface area contributed by atoms with Crippen LogP contribution in [0.5, 0.6) is 0 Å². The average Bonchev–Trinajstić information content (AvgIpc) is 2.91. The van der Waals surface area contributed by atoms with Crippen molar-refractivity contribution in [2.24, 2.45) is 0 Å². The summed E-state index contributed by atoms with van der Waals surface area (Å²) in [6, 6.07) is 4.60. The van der Waals surface area contributed by atoms with Crippen LogP contribution in [0.25, 0.3) is 0 Å². The van der Waals surface area contributed by atoms with Gasteiger partial charge in [0.15, 0.2) is 0 Å². The molecule has 0 unspecified atom stereocenters. The third kappa shape index (κ3) is 4.71. The van der Waals surface area contributed by atoms with Crippen LogP contribution < -0.4 is 5.32 Å². The van der Waals surface area contributed by atoms with Crippen LogP contribution in [0.3, 0.4) is 0 Å². The predicted octanol–water partition coefficient (Wildman–Crippen LogP) is 1.87. The minimum absolute atomic E-state index is 0.186. The van der Waals surface area contributed by atoms with Gasteiger partial charge in [0, 0.05) is 37.9 Å². The van der Waals surface area contributed by atoms with Crippen molar-refractivity contribution >= 4 is 5.91 Å². The molecule has 106 valence electrons. The summed E-state index contributed by atoms with van der Waals surface area (Å²) in [5.41, 5.74) is 0. The van der Waals surface area contributed by atoms with E-state index in [1.165, 1.54) is 25.8 Å². The van der Waals surface area contributed by atoms with Gasteiger partial charge in [-0.1, -0.05) is 6.42 Å². The van der Waals surface area contributed by atoms with Crippen LogP contribution in [0.4, 0.5) is 0 Å². The highest BCUT2D eigenvalue weighted by Gasteiger charge is 2.19. The van der Waals surface area contributed by atoms with Crippen LogP contribution in [0.1, 0.15) is 32.1 Å². The maximum absolute atomic E-state index is 11.8. The first-order valence-corrected chi connectivity index (χ1v) is 7.33. The minimum Gasteiger partial charge on any atom is -0.354 e. The SMILES string of the molecule is CN1CCCC[C@H]1CCC(=O)NCCn1cccc1. The number of rotatable bonds is 6. The number of nitrogens with zero attached hydrogens (tertiary/aromatic N) is 2. The normalized spacial score (nSPS) is 20.4. The molecule has 4 heteroatoms. The van der Waals surface area contributed by atoms with E-state index in [1.54, 1.807) is 0 Å². The van der Waals surface area contributed by atoms with Crippen LogP contribution in [-0.4, -0.2) is 41.6 Å². The Morgan fingerprint density at radius 3 is 2.84 bits per heavy atom. The summed E-state index contributed by atoms with van der Waals surface area (Å²) >= 11 is 0. The van der Waals surface area contributed by atoms with E-state index in [1.807, 2.05) is 24.5 Å². The zero-order valence-corrected chi connectivity index (χ0v) is 11.8. The first-order chi connectivity index (χ1) is 9.25. The molecule has 2 heterocycles. The van der Waals surface area contributed by atoms with Gasteiger partial charge in [-0.3, -0.25) is 4.79 Å². The van der Waals surface area contributed by atoms with Crippen LogP contribution in [0.15, 0.2) is 24.5 Å². The van der Waals surface area contributed by atoms with Gasteiger partial charge >= 0.3 is 0 Å². The summed E-state index contributed by atoms with van der Waals surface area (Å²) in [4.78, 5) is 14.2. The van der Waals surface area contributed by atoms with Crippen LogP contribution in [0, 0.1) is 0 Å². The highest BCUT2D eigenvalue weighted by molar-refractivity contribution is 5.75. The smallest absolute Gasteiger partial charge is 0.220 e. The zero-order chi connectivity index (χ0) is 13.5. The topological polar surface area (TPSA) is 37.3 Å². The molecule has 4 nitrogen and oxygen atoms in total. The maximum Gasteiger partial charge on any atom is 0.220 e. The number of aromatic nitrogens is 1. The van der Waals surface area contributed by atoms with Gasteiger partial charge in [0.25, 0.3) is 0 Å². The molecule has 0 aliphatic carbocycles. The largest absolute Gasteiger partial charge is 0.354 e. The molecule has 1 aliphatic heterocycles. The Balaban J connectivity index is 1.59. The Morgan fingerprint density at radius 2 is 2.11 bits per heavy atom. The van der Waals surface area contributed by atoms with Crippen LogP contribution >= 0.6 is 0 Å². The minimum atomic E-state index is 0.186. The molecule has 1 aliphatic rings. The molecule has 1 amide bonds. The molecule has 0 aromatic carbocycles. The number of hydrogen-bond acceptors (Lipinski definition) is 2. The van der Waals surface area contributed by atoms with Gasteiger partial charge in [-0.2, -0.15) is 0 Å². The number of carbonyl (C=O) groups excluding carboxylic acids is 1. The third-order valence-corrected chi connectivity index (χ3v) is 3.98. The molecule has 1 N–H and O–H groups in total. The number of likely N-dealkylation sites (tertiary alicyclic amines) is 1. The van der Waals surface area contributed by atoms with Crippen molar-refractivity contribution in [2.75, 3.05) is 20.1 Å². The molecule has 1 aromatic rings. The van der Waals surface area contributed by atoms with E-state index in [-0.39, 0.29) is 5.91 Å². The first kappa shape index (κ1) is 14.1. The lowest BCUT2D eigenvalue weighted by atomic mass is 9.98. The summed E-state index contributed by atoms with van der Waals surface area (Å²) in [6.45, 7) is 2.75. The Labute approximate surface area is 115 Å². The van der Waals surface area contributed by atoms with Crippen molar-refractivity contribution in [3.63, 3.8) is 0 Å². The second kappa shape index (κ2) is 7.34. The van der Waals surface area contributed by atoms with Gasteiger partial charge in [0.2, 0.25) is 5.91 Å². The van der Waals surface area contributed by atoms with Crippen LogP contribution in [-0.2, 0) is 11.3 Å². The standard InChI is InChI=1S/C15H25N3O/c1-17-10-3-2-6-14(17)7-8-15(19)16-9-13-18-11-4-5-12-18/h4-5,11-12,14H,2-3,6-10,13H2,1H3,(H,16,19)/t14-/m0/s1. The summed E-state index contributed by atoms with van der Waals surface area (Å²) in [5.74, 6) is 0.186. The molecule has 19 heavy (non-hydrogen) atoms. The second-order valence-corrected chi connectivity index (χ2v) is 5.44. The lowest BCUT2D eigenvalue weighted by molar-refractivity contribution is -0.121. The number of piperidine rings is 1. The number of nitrogens with one attached hydrogen (secondary N) is 1. The van der Waals surface area contributed by atoms with Gasteiger partial charge in [0.05, 0.1) is 0 Å². The molecule has 1 atom stereocenters. The second-order valence-electron chi connectivity index (χ2n) is 5.44. The van der Waals surface area contributed by atoms with E-state index in [9.17, 15) is 4.79 Å². The molecule has 0 saturated carbocycles. The fraction of sp³-hybridized carbons (Fsp3) is 0.667. The highest BCUT2D eigenvalue weighted by atomic mass is 16.1. The molecule has 0 spiro atoms. The first-order valence-electron chi connectivity index (χ1n) is 7.33. The molecular formula is C15H25N3O. The summed E-state index contributed by atoms with van der Waals surface area (Å²) in [5, 5.41) is 3.00. The van der Waals surface area contributed by atoms with E-state index < -0.39 is 0 Å².